The molecule has 0 amide bonds. The van der Waals surface area contributed by atoms with Gasteiger partial charge >= 0.3 is 0 Å². The quantitative estimate of drug-likeness (QED) is 0.498. The fourth-order valence-electron chi connectivity index (χ4n) is 1.76. The molecule has 4 heteroatoms. The van der Waals surface area contributed by atoms with E-state index in [1.54, 1.807) is 0 Å². The molecule has 0 saturated heterocycles. The molecule has 3 N–H and O–H groups in total. The van der Waals surface area contributed by atoms with Crippen molar-refractivity contribution in [2.45, 2.75) is 6.92 Å². The van der Waals surface area contributed by atoms with Gasteiger partial charge in [-0.25, -0.2) is 4.99 Å². The molecule has 0 spiro atoms. The second-order valence-corrected chi connectivity index (χ2v) is 4.42. The van der Waals surface area contributed by atoms with Crippen molar-refractivity contribution in [2.75, 3.05) is 18.5 Å². The van der Waals surface area contributed by atoms with Gasteiger partial charge in [0.1, 0.15) is 12.4 Å². The number of anilines is 1. The number of nitrogens with two attached hydrogens (primary N) is 1. The SMILES string of the molecule is Cc1cccc(NC(N)=NCCOc2ccccc2)c1. The summed E-state index contributed by atoms with van der Waals surface area (Å²) < 4.78 is 5.54. The highest BCUT2D eigenvalue weighted by Crippen LogP contribution is 2.09. The van der Waals surface area contributed by atoms with Gasteiger partial charge in [-0.1, -0.05) is 30.3 Å². The highest BCUT2D eigenvalue weighted by Gasteiger charge is 1.95. The molecule has 20 heavy (non-hydrogen) atoms. The number of rotatable bonds is 5. The third-order valence-electron chi connectivity index (χ3n) is 2.68. The fraction of sp³-hybridized carbons (Fsp3) is 0.188. The number of ether oxygens (including phenoxy) is 1. The lowest BCUT2D eigenvalue weighted by molar-refractivity contribution is 0.329. The zero-order valence-electron chi connectivity index (χ0n) is 11.5. The normalized spacial score (nSPS) is 11.2. The number of hydrogen-bond acceptors (Lipinski definition) is 2. The molecule has 0 atom stereocenters. The maximum Gasteiger partial charge on any atom is 0.193 e. The van der Waals surface area contributed by atoms with Gasteiger partial charge in [-0.2, -0.15) is 0 Å². The summed E-state index contributed by atoms with van der Waals surface area (Å²) in [5.41, 5.74) is 7.93. The van der Waals surface area contributed by atoms with Gasteiger partial charge < -0.3 is 15.8 Å². The molecule has 0 aliphatic carbocycles. The molecule has 0 saturated carbocycles. The first-order chi connectivity index (χ1) is 9.74. The summed E-state index contributed by atoms with van der Waals surface area (Å²) in [5, 5.41) is 3.05. The smallest absolute Gasteiger partial charge is 0.193 e. The van der Waals surface area contributed by atoms with E-state index in [1.807, 2.05) is 61.5 Å². The van der Waals surface area contributed by atoms with E-state index >= 15 is 0 Å². The van der Waals surface area contributed by atoms with Crippen LogP contribution in [0.4, 0.5) is 5.69 Å². The van der Waals surface area contributed by atoms with E-state index < -0.39 is 0 Å². The van der Waals surface area contributed by atoms with E-state index in [0.29, 0.717) is 19.1 Å². The highest BCUT2D eigenvalue weighted by atomic mass is 16.5. The first kappa shape index (κ1) is 13.9. The average Bonchev–Trinajstić information content (AvgIpc) is 2.45. The number of aryl methyl sites for hydroxylation is 1. The van der Waals surface area contributed by atoms with Crippen LogP contribution in [0.5, 0.6) is 5.75 Å². The number of nitrogens with zero attached hydrogens (tertiary/aromatic N) is 1. The number of hydrogen-bond donors (Lipinski definition) is 2. The van der Waals surface area contributed by atoms with E-state index in [0.717, 1.165) is 11.4 Å². The highest BCUT2D eigenvalue weighted by molar-refractivity contribution is 5.92. The molecule has 0 radical (unpaired) electrons. The first-order valence-electron chi connectivity index (χ1n) is 6.55. The van der Waals surface area contributed by atoms with Crippen LogP contribution in [-0.4, -0.2) is 19.1 Å². The van der Waals surface area contributed by atoms with Crippen molar-refractivity contribution < 1.29 is 4.74 Å². The Labute approximate surface area is 119 Å². The molecular weight excluding hydrogens is 250 g/mol. The van der Waals surface area contributed by atoms with Crippen molar-refractivity contribution in [2.24, 2.45) is 10.7 Å². The van der Waals surface area contributed by atoms with E-state index in [9.17, 15) is 0 Å². The van der Waals surface area contributed by atoms with E-state index in [4.69, 9.17) is 10.5 Å². The molecule has 0 bridgehead atoms. The number of nitrogens with one attached hydrogen (secondary N) is 1. The van der Waals surface area contributed by atoms with Crippen molar-refractivity contribution in [1.82, 2.24) is 0 Å². The monoisotopic (exact) mass is 269 g/mol. The van der Waals surface area contributed by atoms with Gasteiger partial charge in [0.05, 0.1) is 6.54 Å². The summed E-state index contributed by atoms with van der Waals surface area (Å²) in [6, 6.07) is 17.6. The largest absolute Gasteiger partial charge is 0.492 e. The van der Waals surface area contributed by atoms with Crippen LogP contribution in [0.15, 0.2) is 59.6 Å². The van der Waals surface area contributed by atoms with Crippen molar-refractivity contribution in [1.29, 1.82) is 0 Å². The van der Waals surface area contributed by atoms with Crippen molar-refractivity contribution in [3.05, 3.63) is 60.2 Å². The predicted molar refractivity (Wildman–Crippen MR) is 83.2 cm³/mol. The topological polar surface area (TPSA) is 59.6 Å². The van der Waals surface area contributed by atoms with Gasteiger partial charge in [0.2, 0.25) is 0 Å². The molecule has 104 valence electrons. The van der Waals surface area contributed by atoms with Gasteiger partial charge in [0.25, 0.3) is 0 Å². The number of aliphatic imine (C=N–C) groups is 1. The van der Waals surface area contributed by atoms with E-state index in [1.165, 1.54) is 5.56 Å². The van der Waals surface area contributed by atoms with E-state index in [-0.39, 0.29) is 0 Å². The summed E-state index contributed by atoms with van der Waals surface area (Å²) in [6.07, 6.45) is 0. The minimum absolute atomic E-state index is 0.396. The van der Waals surface area contributed by atoms with Crippen LogP contribution in [-0.2, 0) is 0 Å². The molecule has 0 unspecified atom stereocenters. The summed E-state index contributed by atoms with van der Waals surface area (Å²) >= 11 is 0. The van der Waals surface area contributed by atoms with Crippen molar-refractivity contribution >= 4 is 11.6 Å². The summed E-state index contributed by atoms with van der Waals surface area (Å²) in [5.74, 6) is 1.24. The van der Waals surface area contributed by atoms with Gasteiger partial charge in [-0.15, -0.1) is 0 Å². The van der Waals surface area contributed by atoms with Crippen molar-refractivity contribution in [3.63, 3.8) is 0 Å². The van der Waals surface area contributed by atoms with Gasteiger partial charge in [-0.05, 0) is 36.8 Å². The lowest BCUT2D eigenvalue weighted by Crippen LogP contribution is -2.23. The van der Waals surface area contributed by atoms with Gasteiger partial charge in [0.15, 0.2) is 5.96 Å². The fourth-order valence-corrected chi connectivity index (χ4v) is 1.76. The Hall–Kier alpha value is -2.49. The zero-order valence-corrected chi connectivity index (χ0v) is 11.5. The second-order valence-electron chi connectivity index (χ2n) is 4.42. The van der Waals surface area contributed by atoms with Crippen LogP contribution in [0.25, 0.3) is 0 Å². The molecule has 4 nitrogen and oxygen atoms in total. The Morgan fingerprint density at radius 2 is 1.95 bits per heavy atom. The Morgan fingerprint density at radius 3 is 2.70 bits per heavy atom. The molecular formula is C16H19N3O. The third kappa shape index (κ3) is 4.65. The molecule has 2 rings (SSSR count). The molecule has 0 heterocycles. The number of benzene rings is 2. The third-order valence-corrected chi connectivity index (χ3v) is 2.68. The van der Waals surface area contributed by atoms with Crippen LogP contribution < -0.4 is 15.8 Å². The van der Waals surface area contributed by atoms with Crippen LogP contribution in [0.2, 0.25) is 0 Å². The molecule has 0 aliphatic rings. The molecule has 0 aromatic heterocycles. The van der Waals surface area contributed by atoms with Gasteiger partial charge in [-0.3, -0.25) is 0 Å². The predicted octanol–water partition coefficient (Wildman–Crippen LogP) is 2.80. The van der Waals surface area contributed by atoms with Gasteiger partial charge in [0, 0.05) is 5.69 Å². The Bertz CT molecular complexity index is 567. The number of para-hydroxylation sites is 1. The molecule has 0 aliphatic heterocycles. The summed E-state index contributed by atoms with van der Waals surface area (Å²) in [6.45, 7) is 3.05. The minimum atomic E-state index is 0.396. The first-order valence-corrected chi connectivity index (χ1v) is 6.55. The minimum Gasteiger partial charge on any atom is -0.492 e. The van der Waals surface area contributed by atoms with Crippen LogP contribution in [0.3, 0.4) is 0 Å². The lowest BCUT2D eigenvalue weighted by atomic mass is 10.2. The zero-order chi connectivity index (χ0) is 14.2. The van der Waals surface area contributed by atoms with Crippen LogP contribution in [0.1, 0.15) is 5.56 Å². The Balaban J connectivity index is 1.77. The second kappa shape index (κ2) is 7.19. The lowest BCUT2D eigenvalue weighted by Gasteiger charge is -2.07. The number of guanidine groups is 1. The average molecular weight is 269 g/mol. The van der Waals surface area contributed by atoms with Crippen molar-refractivity contribution in [3.8, 4) is 5.75 Å². The van der Waals surface area contributed by atoms with E-state index in [2.05, 4.69) is 10.3 Å². The maximum atomic E-state index is 5.82. The summed E-state index contributed by atoms with van der Waals surface area (Å²) in [7, 11) is 0. The Kier molecular flexibility index (Phi) is 5.00. The van der Waals surface area contributed by atoms with Crippen LogP contribution >= 0.6 is 0 Å². The Morgan fingerprint density at radius 1 is 1.15 bits per heavy atom. The van der Waals surface area contributed by atoms with Crippen LogP contribution in [0, 0.1) is 6.92 Å². The molecule has 0 fully saturated rings. The standard InChI is InChI=1S/C16H19N3O/c1-13-6-5-7-14(12-13)19-16(17)18-10-11-20-15-8-3-2-4-9-15/h2-9,12H,10-11H2,1H3,(H3,17,18,19). The summed E-state index contributed by atoms with van der Waals surface area (Å²) in [4.78, 5) is 4.22. The maximum absolute atomic E-state index is 5.82. The molecule has 2 aromatic carbocycles. The molecule has 2 aromatic rings.